The fourth-order valence-electron chi connectivity index (χ4n) is 4.75. The first-order valence-corrected chi connectivity index (χ1v) is 23.8. The van der Waals surface area contributed by atoms with Crippen molar-refractivity contribution in [2.75, 3.05) is 0 Å². The molecule has 3 heteroatoms. The Balaban J connectivity index is 4.23. The van der Waals surface area contributed by atoms with Crippen LogP contribution in [-0.4, -0.2) is 25.9 Å². The lowest BCUT2D eigenvalue weighted by Crippen LogP contribution is -2.42. The lowest BCUT2D eigenvalue weighted by molar-refractivity contribution is 0.609. The Morgan fingerprint density at radius 1 is 0.444 bits per heavy atom. The van der Waals surface area contributed by atoms with Gasteiger partial charge in [-0.2, -0.15) is 0 Å². The Hall–Kier alpha value is 0.651. The molecule has 0 saturated carbocycles. The molecule has 0 radical (unpaired) electrons. The third kappa shape index (κ3) is 17.2. The number of unbranched alkanes of at least 4 members (excludes halogenated alkanes) is 15. The van der Waals surface area contributed by atoms with Crippen LogP contribution in [0, 0.1) is 0 Å². The molecule has 0 atom stereocenters. The molecule has 0 bridgehead atoms. The zero-order valence-electron chi connectivity index (χ0n) is 20.1. The van der Waals surface area contributed by atoms with E-state index in [0.29, 0.717) is 8.55 Å². The highest BCUT2D eigenvalue weighted by molar-refractivity contribution is 7.40. The summed E-state index contributed by atoms with van der Waals surface area (Å²) in [6.45, 7) is 7.02. The molecule has 0 spiro atoms. The van der Waals surface area contributed by atoms with E-state index >= 15 is 0 Å². The maximum atomic E-state index is 2.34. The van der Waals surface area contributed by atoms with E-state index in [9.17, 15) is 0 Å². The normalized spacial score (nSPS) is 12.6. The minimum absolute atomic E-state index is 0.367. The highest BCUT2D eigenvalue weighted by Crippen LogP contribution is 2.28. The molecule has 0 aromatic carbocycles. The van der Waals surface area contributed by atoms with Gasteiger partial charge in [0.05, 0.1) is 0 Å². The topological polar surface area (TPSA) is 0 Å². The standard InChI is InChI=1S/C24H56Si3/c1-4-7-10-13-16-19-22-27(26-25,23-20-17-14-11-8-5-2)24-21-18-15-12-9-6-3/h4-24,26H2,1-3,25H3. The van der Waals surface area contributed by atoms with Crippen molar-refractivity contribution in [3.8, 4) is 0 Å². The van der Waals surface area contributed by atoms with Crippen LogP contribution in [0.25, 0.3) is 0 Å². The molecule has 0 saturated heterocycles. The predicted molar refractivity (Wildman–Crippen MR) is 139 cm³/mol. The Bertz CT molecular complexity index is 240. The van der Waals surface area contributed by atoms with Crippen LogP contribution in [0.3, 0.4) is 0 Å². The first-order chi connectivity index (χ1) is 13.2. The molecule has 0 N–H and O–H groups in total. The molecule has 0 rings (SSSR count). The lowest BCUT2D eigenvalue weighted by Gasteiger charge is -2.31. The Morgan fingerprint density at radius 2 is 0.704 bits per heavy atom. The van der Waals surface area contributed by atoms with E-state index in [-0.39, 0.29) is 0 Å². The summed E-state index contributed by atoms with van der Waals surface area (Å²) in [5, 5.41) is 0. The Morgan fingerprint density at radius 3 is 0.963 bits per heavy atom. The number of hydrogen-bond acceptors (Lipinski definition) is 0. The largest absolute Gasteiger partial charge is 0.0654 e. The quantitative estimate of drug-likeness (QED) is 0.124. The van der Waals surface area contributed by atoms with Crippen LogP contribution in [0.2, 0.25) is 18.1 Å². The zero-order valence-corrected chi connectivity index (χ0v) is 24.5. The second-order valence-corrected chi connectivity index (χ2v) is 27.6. The third-order valence-electron chi connectivity index (χ3n) is 6.93. The van der Waals surface area contributed by atoms with Gasteiger partial charge in [0.15, 0.2) is 0 Å². The van der Waals surface area contributed by atoms with Gasteiger partial charge in [0, 0.05) is 16.1 Å². The van der Waals surface area contributed by atoms with Crippen LogP contribution in [0.1, 0.15) is 136 Å². The maximum absolute atomic E-state index is 2.34. The van der Waals surface area contributed by atoms with Crippen molar-refractivity contribution in [2.24, 2.45) is 0 Å². The van der Waals surface area contributed by atoms with E-state index in [1.165, 1.54) is 77.0 Å². The van der Waals surface area contributed by atoms with Gasteiger partial charge in [0.1, 0.15) is 0 Å². The Labute approximate surface area is 180 Å². The van der Waals surface area contributed by atoms with Gasteiger partial charge in [-0.15, -0.1) is 0 Å². The smallest absolute Gasteiger partial charge is 0.0367 e. The Kier molecular flexibility index (Phi) is 21.9. The molecular formula is C24H56Si3. The van der Waals surface area contributed by atoms with Gasteiger partial charge in [-0.25, -0.2) is 0 Å². The van der Waals surface area contributed by atoms with Crippen molar-refractivity contribution in [2.45, 2.75) is 154 Å². The second kappa shape index (κ2) is 21.4. The van der Waals surface area contributed by atoms with Gasteiger partial charge >= 0.3 is 0 Å². The van der Waals surface area contributed by atoms with Crippen LogP contribution in [0.4, 0.5) is 0 Å². The molecule has 0 aliphatic heterocycles. The average Bonchev–Trinajstić information content (AvgIpc) is 2.69. The summed E-state index contributed by atoms with van der Waals surface area (Å²) in [6.07, 6.45) is 27.1. The molecular weight excluding hydrogens is 373 g/mol. The predicted octanol–water partition coefficient (Wildman–Crippen LogP) is 7.46. The van der Waals surface area contributed by atoms with Gasteiger partial charge in [0.2, 0.25) is 0 Å². The molecule has 0 aromatic rings. The average molecular weight is 429 g/mol. The highest BCUT2D eigenvalue weighted by Gasteiger charge is 2.28. The SMILES string of the molecule is CCCCCCCC[Si](CCCCCCCC)(CCCCCCCC)[SiH2][SiH3]. The zero-order chi connectivity index (χ0) is 20.1. The van der Waals surface area contributed by atoms with Crippen molar-refractivity contribution in [3.05, 3.63) is 0 Å². The minimum atomic E-state index is -0.774. The van der Waals surface area contributed by atoms with Crippen LogP contribution in [-0.2, 0) is 0 Å². The van der Waals surface area contributed by atoms with E-state index in [0.717, 1.165) is 0 Å². The monoisotopic (exact) mass is 428 g/mol. The molecule has 0 aliphatic rings. The van der Waals surface area contributed by atoms with Gasteiger partial charge in [0.25, 0.3) is 0 Å². The summed E-state index contributed by atoms with van der Waals surface area (Å²) in [5.74, 6) is 0. The van der Waals surface area contributed by atoms with E-state index < -0.39 is 7.59 Å². The summed E-state index contributed by atoms with van der Waals surface area (Å²) in [6, 6.07) is 5.25. The summed E-state index contributed by atoms with van der Waals surface area (Å²) in [7, 11) is 1.20. The van der Waals surface area contributed by atoms with Crippen molar-refractivity contribution >= 4 is 25.9 Å². The first kappa shape index (κ1) is 27.7. The second-order valence-electron chi connectivity index (χ2n) is 9.41. The molecule has 0 heterocycles. The van der Waals surface area contributed by atoms with Gasteiger partial charge in [-0.3, -0.25) is 0 Å². The fourth-order valence-corrected chi connectivity index (χ4v) is 24.5. The molecule has 0 fully saturated rings. The van der Waals surface area contributed by atoms with E-state index in [1.807, 2.05) is 0 Å². The molecule has 0 nitrogen and oxygen atoms in total. The first-order valence-electron chi connectivity index (χ1n) is 13.2. The van der Waals surface area contributed by atoms with Crippen LogP contribution >= 0.6 is 0 Å². The van der Waals surface area contributed by atoms with Crippen molar-refractivity contribution in [1.29, 1.82) is 0 Å². The fraction of sp³-hybridized carbons (Fsp3) is 1.00. The summed E-state index contributed by atoms with van der Waals surface area (Å²) < 4.78 is 0. The van der Waals surface area contributed by atoms with E-state index in [4.69, 9.17) is 0 Å². The van der Waals surface area contributed by atoms with Crippen LogP contribution in [0.5, 0.6) is 0 Å². The maximum Gasteiger partial charge on any atom is 0.0367 e. The summed E-state index contributed by atoms with van der Waals surface area (Å²) in [5.41, 5.74) is 0. The third-order valence-corrected chi connectivity index (χ3v) is 33.9. The molecule has 0 aromatic heterocycles. The number of rotatable bonds is 22. The van der Waals surface area contributed by atoms with Gasteiger partial charge in [-0.05, 0) is 9.76 Å². The van der Waals surface area contributed by atoms with Crippen molar-refractivity contribution in [3.63, 3.8) is 0 Å². The van der Waals surface area contributed by atoms with Crippen molar-refractivity contribution < 1.29 is 0 Å². The molecule has 0 aliphatic carbocycles. The minimum Gasteiger partial charge on any atom is -0.0654 e. The molecule has 0 amide bonds. The molecule has 27 heavy (non-hydrogen) atoms. The van der Waals surface area contributed by atoms with Gasteiger partial charge < -0.3 is 0 Å². The lowest BCUT2D eigenvalue weighted by atomic mass is 10.1. The summed E-state index contributed by atoms with van der Waals surface area (Å²) in [4.78, 5) is 0. The highest BCUT2D eigenvalue weighted by atomic mass is 29.5. The van der Waals surface area contributed by atoms with E-state index in [1.54, 1.807) is 66.4 Å². The van der Waals surface area contributed by atoms with Crippen LogP contribution in [0.15, 0.2) is 0 Å². The molecule has 0 unspecified atom stereocenters. The molecule has 164 valence electrons. The number of hydrogen-bond donors (Lipinski definition) is 0. The van der Waals surface area contributed by atoms with Crippen molar-refractivity contribution in [1.82, 2.24) is 0 Å². The van der Waals surface area contributed by atoms with E-state index in [2.05, 4.69) is 20.8 Å². The van der Waals surface area contributed by atoms with Crippen LogP contribution < -0.4 is 0 Å². The summed E-state index contributed by atoms with van der Waals surface area (Å²) >= 11 is 0. The van der Waals surface area contributed by atoms with Gasteiger partial charge in [-0.1, -0.05) is 154 Å².